The summed E-state index contributed by atoms with van der Waals surface area (Å²) < 4.78 is 0. The molecule has 0 aliphatic rings. The van der Waals surface area contributed by atoms with Gasteiger partial charge in [-0.05, 0) is 35.9 Å². The van der Waals surface area contributed by atoms with Crippen LogP contribution in [-0.4, -0.2) is 16.7 Å². The van der Waals surface area contributed by atoms with E-state index in [0.717, 1.165) is 11.6 Å². The highest BCUT2D eigenvalue weighted by Gasteiger charge is 2.18. The van der Waals surface area contributed by atoms with Crippen LogP contribution in [0.15, 0.2) is 66.7 Å². The second kappa shape index (κ2) is 9.92. The van der Waals surface area contributed by atoms with Crippen molar-refractivity contribution in [3.63, 3.8) is 0 Å². The smallest absolute Gasteiger partial charge is 0.293 e. The van der Waals surface area contributed by atoms with Crippen molar-refractivity contribution in [3.8, 4) is 0 Å². The fraction of sp³-hybridized carbons (Fsp3) is 0.0476. The number of nitrogens with one attached hydrogen (secondary N) is 3. The van der Waals surface area contributed by atoms with Gasteiger partial charge in [-0.1, -0.05) is 53.5 Å². The molecule has 0 aliphatic carbocycles. The van der Waals surface area contributed by atoms with Crippen molar-refractivity contribution in [2.24, 2.45) is 0 Å². The number of rotatable bonds is 6. The number of hydrogen-bond donors (Lipinski definition) is 3. The molecule has 10 heteroatoms. The van der Waals surface area contributed by atoms with Crippen LogP contribution in [0.25, 0.3) is 0 Å². The van der Waals surface area contributed by atoms with Crippen molar-refractivity contribution in [3.05, 3.63) is 104 Å². The summed E-state index contributed by atoms with van der Waals surface area (Å²) in [5.74, 6) is -1.34. The number of hydrazine groups is 1. The summed E-state index contributed by atoms with van der Waals surface area (Å²) in [4.78, 5) is 35.4. The Morgan fingerprint density at radius 2 is 1.52 bits per heavy atom. The predicted octanol–water partition coefficient (Wildman–Crippen LogP) is 4.59. The van der Waals surface area contributed by atoms with Crippen molar-refractivity contribution >= 4 is 46.4 Å². The maximum absolute atomic E-state index is 12.4. The van der Waals surface area contributed by atoms with Crippen LogP contribution in [0.2, 0.25) is 10.0 Å². The van der Waals surface area contributed by atoms with Gasteiger partial charge in [0.1, 0.15) is 5.69 Å². The van der Waals surface area contributed by atoms with Gasteiger partial charge >= 0.3 is 0 Å². The maximum atomic E-state index is 12.4. The molecule has 2 amide bonds. The number of amides is 2. The molecule has 0 bridgehead atoms. The van der Waals surface area contributed by atoms with E-state index in [1.54, 1.807) is 30.3 Å². The lowest BCUT2D eigenvalue weighted by molar-refractivity contribution is -0.384. The summed E-state index contributed by atoms with van der Waals surface area (Å²) in [6.45, 7) is 0.264. The number of halogens is 2. The third-order valence-corrected chi connectivity index (χ3v) is 4.99. The van der Waals surface area contributed by atoms with Crippen LogP contribution in [0.3, 0.4) is 0 Å². The molecule has 158 valence electrons. The van der Waals surface area contributed by atoms with Gasteiger partial charge in [0.2, 0.25) is 0 Å². The molecule has 3 rings (SSSR count). The maximum Gasteiger partial charge on any atom is 0.293 e. The number of nitrogens with zero attached hydrogens (tertiary/aromatic N) is 1. The molecule has 3 N–H and O–H groups in total. The van der Waals surface area contributed by atoms with Gasteiger partial charge < -0.3 is 5.32 Å². The van der Waals surface area contributed by atoms with E-state index in [9.17, 15) is 19.7 Å². The Labute approximate surface area is 187 Å². The van der Waals surface area contributed by atoms with Crippen LogP contribution in [0.5, 0.6) is 0 Å². The SMILES string of the molecule is O=C(NNC(=O)c1ccccc1Cl)c1ccc(NCc2ccccc2Cl)c([N+](=O)[O-])c1. The average molecular weight is 459 g/mol. The number of benzene rings is 3. The van der Waals surface area contributed by atoms with Gasteiger partial charge in [0.25, 0.3) is 17.5 Å². The molecule has 0 unspecified atom stereocenters. The van der Waals surface area contributed by atoms with Gasteiger partial charge in [0, 0.05) is 23.2 Å². The molecule has 0 radical (unpaired) electrons. The Bertz CT molecular complexity index is 1150. The largest absolute Gasteiger partial charge is 0.375 e. The van der Waals surface area contributed by atoms with Crippen molar-refractivity contribution in [1.82, 2.24) is 10.9 Å². The number of nitro groups is 1. The van der Waals surface area contributed by atoms with Gasteiger partial charge in [-0.2, -0.15) is 0 Å². The first kappa shape index (κ1) is 22.1. The molecule has 0 fully saturated rings. The predicted molar refractivity (Wildman–Crippen MR) is 118 cm³/mol. The number of hydrogen-bond acceptors (Lipinski definition) is 5. The van der Waals surface area contributed by atoms with Gasteiger partial charge in [-0.25, -0.2) is 0 Å². The highest BCUT2D eigenvalue weighted by molar-refractivity contribution is 6.33. The molecular weight excluding hydrogens is 443 g/mol. The Morgan fingerprint density at radius 1 is 0.871 bits per heavy atom. The zero-order valence-corrected chi connectivity index (χ0v) is 17.4. The summed E-state index contributed by atoms with van der Waals surface area (Å²) in [5, 5.41) is 15.2. The number of nitro benzene ring substituents is 1. The fourth-order valence-corrected chi connectivity index (χ4v) is 3.13. The Balaban J connectivity index is 1.70. The molecule has 0 saturated heterocycles. The van der Waals surface area contributed by atoms with E-state index in [-0.39, 0.29) is 34.1 Å². The summed E-state index contributed by atoms with van der Waals surface area (Å²) in [6.07, 6.45) is 0. The molecule has 8 nitrogen and oxygen atoms in total. The lowest BCUT2D eigenvalue weighted by Crippen LogP contribution is -2.41. The Morgan fingerprint density at radius 3 is 2.19 bits per heavy atom. The fourth-order valence-electron chi connectivity index (χ4n) is 2.70. The van der Waals surface area contributed by atoms with Crippen LogP contribution in [0, 0.1) is 10.1 Å². The van der Waals surface area contributed by atoms with Crippen LogP contribution in [0.4, 0.5) is 11.4 Å². The van der Waals surface area contributed by atoms with E-state index in [0.29, 0.717) is 5.02 Å². The molecule has 0 saturated carbocycles. The van der Waals surface area contributed by atoms with Crippen LogP contribution >= 0.6 is 23.2 Å². The van der Waals surface area contributed by atoms with Crippen LogP contribution in [-0.2, 0) is 6.54 Å². The molecule has 0 aliphatic heterocycles. The molecule has 0 atom stereocenters. The van der Waals surface area contributed by atoms with Gasteiger partial charge in [-0.3, -0.25) is 30.6 Å². The highest BCUT2D eigenvalue weighted by atomic mass is 35.5. The van der Waals surface area contributed by atoms with E-state index >= 15 is 0 Å². The van der Waals surface area contributed by atoms with E-state index in [2.05, 4.69) is 16.2 Å². The molecule has 0 heterocycles. The minimum Gasteiger partial charge on any atom is -0.375 e. The van der Waals surface area contributed by atoms with E-state index < -0.39 is 16.7 Å². The lowest BCUT2D eigenvalue weighted by atomic mass is 10.1. The normalized spacial score (nSPS) is 10.3. The first-order valence-corrected chi connectivity index (χ1v) is 9.73. The van der Waals surface area contributed by atoms with Gasteiger partial charge in [0.15, 0.2) is 0 Å². The zero-order chi connectivity index (χ0) is 22.4. The van der Waals surface area contributed by atoms with Crippen LogP contribution in [0.1, 0.15) is 26.3 Å². The molecule has 3 aromatic carbocycles. The quantitative estimate of drug-likeness (QED) is 0.369. The van der Waals surface area contributed by atoms with E-state index in [1.807, 2.05) is 6.07 Å². The first-order valence-electron chi connectivity index (χ1n) is 8.97. The lowest BCUT2D eigenvalue weighted by Gasteiger charge is -2.11. The molecule has 31 heavy (non-hydrogen) atoms. The summed E-state index contributed by atoms with van der Waals surface area (Å²) in [7, 11) is 0. The first-order chi connectivity index (χ1) is 14.9. The number of anilines is 1. The Hall–Kier alpha value is -3.62. The molecular formula is C21H16Cl2N4O4. The Kier molecular flexibility index (Phi) is 7.07. The van der Waals surface area contributed by atoms with Crippen molar-refractivity contribution in [2.75, 3.05) is 5.32 Å². The monoisotopic (exact) mass is 458 g/mol. The summed E-state index contributed by atoms with van der Waals surface area (Å²) in [6, 6.07) is 17.4. The minimum absolute atomic E-state index is 0.00514. The van der Waals surface area contributed by atoms with Crippen molar-refractivity contribution in [1.29, 1.82) is 0 Å². The molecule has 0 aromatic heterocycles. The van der Waals surface area contributed by atoms with E-state index in [1.165, 1.54) is 24.3 Å². The highest BCUT2D eigenvalue weighted by Crippen LogP contribution is 2.27. The van der Waals surface area contributed by atoms with Gasteiger partial charge in [-0.15, -0.1) is 0 Å². The summed E-state index contributed by atoms with van der Waals surface area (Å²) in [5.41, 5.74) is 5.31. The standard InChI is InChI=1S/C21H16Cl2N4O4/c22-16-7-3-1-5-14(16)12-24-18-10-9-13(11-19(18)27(30)31)20(28)25-26-21(29)15-6-2-4-8-17(15)23/h1-11,24H,12H2,(H,25,28)(H,26,29). The second-order valence-electron chi connectivity index (χ2n) is 6.32. The van der Waals surface area contributed by atoms with Gasteiger partial charge in [0.05, 0.1) is 15.5 Å². The van der Waals surface area contributed by atoms with E-state index in [4.69, 9.17) is 23.2 Å². The second-order valence-corrected chi connectivity index (χ2v) is 7.14. The third-order valence-electron chi connectivity index (χ3n) is 4.29. The van der Waals surface area contributed by atoms with Crippen molar-refractivity contribution in [2.45, 2.75) is 6.54 Å². The topological polar surface area (TPSA) is 113 Å². The molecule has 3 aromatic rings. The zero-order valence-electron chi connectivity index (χ0n) is 15.9. The number of carbonyl (C=O) groups is 2. The average Bonchev–Trinajstić information content (AvgIpc) is 2.77. The minimum atomic E-state index is -0.721. The summed E-state index contributed by atoms with van der Waals surface area (Å²) >= 11 is 12.0. The van der Waals surface area contributed by atoms with Crippen LogP contribution < -0.4 is 16.2 Å². The third kappa shape index (κ3) is 5.50. The van der Waals surface area contributed by atoms with Crippen molar-refractivity contribution < 1.29 is 14.5 Å². The molecule has 0 spiro atoms. The number of carbonyl (C=O) groups excluding carboxylic acids is 2.